The summed E-state index contributed by atoms with van der Waals surface area (Å²) in [5.41, 5.74) is 2.97. The Morgan fingerprint density at radius 1 is 1.00 bits per heavy atom. The highest BCUT2D eigenvalue weighted by atomic mass is 16.5. The van der Waals surface area contributed by atoms with Crippen molar-refractivity contribution in [1.29, 1.82) is 0 Å². The zero-order chi connectivity index (χ0) is 18.4. The van der Waals surface area contributed by atoms with Crippen LogP contribution in [0.15, 0.2) is 72.9 Å². The molecule has 3 rings (SSSR count). The van der Waals surface area contributed by atoms with Crippen LogP contribution in [0.5, 0.6) is 0 Å². The summed E-state index contributed by atoms with van der Waals surface area (Å²) in [6.07, 6.45) is 1.82. The minimum Gasteiger partial charge on any atom is -0.363 e. The molecule has 0 spiro atoms. The molecule has 0 radical (unpaired) electrons. The van der Waals surface area contributed by atoms with Crippen LogP contribution < -0.4 is 0 Å². The number of hydrogen-bond donors (Lipinski definition) is 0. The van der Waals surface area contributed by atoms with Gasteiger partial charge in [0.15, 0.2) is 0 Å². The predicted molar refractivity (Wildman–Crippen MR) is 105 cm³/mol. The van der Waals surface area contributed by atoms with Gasteiger partial charge in [-0.15, -0.1) is 0 Å². The summed E-state index contributed by atoms with van der Waals surface area (Å²) in [6, 6.07) is 22.9. The zero-order valence-corrected chi connectivity index (χ0v) is 15.8. The van der Waals surface area contributed by atoms with Crippen LogP contribution >= 0.6 is 0 Å². The smallest absolute Gasteiger partial charge is 0.132 e. The van der Waals surface area contributed by atoms with Gasteiger partial charge in [0.1, 0.15) is 5.60 Å². The third-order valence-corrected chi connectivity index (χ3v) is 4.79. The third-order valence-electron chi connectivity index (χ3n) is 4.79. The molecule has 1 atom stereocenters. The van der Waals surface area contributed by atoms with E-state index in [1.807, 2.05) is 36.1 Å². The zero-order valence-electron chi connectivity index (χ0n) is 15.8. The minimum absolute atomic E-state index is 0.528. The molecule has 1 heterocycles. The van der Waals surface area contributed by atoms with Gasteiger partial charge in [0.25, 0.3) is 0 Å². The molecule has 4 heteroatoms. The van der Waals surface area contributed by atoms with Crippen molar-refractivity contribution >= 4 is 0 Å². The number of aromatic nitrogens is 2. The maximum atomic E-state index is 6.45. The molecule has 0 N–H and O–H groups in total. The number of aryl methyl sites for hydroxylation is 1. The van der Waals surface area contributed by atoms with E-state index in [-0.39, 0.29) is 0 Å². The van der Waals surface area contributed by atoms with Gasteiger partial charge in [-0.2, -0.15) is 5.10 Å². The standard InChI is InChI=1S/C22H27N3O/c1-22(20-12-8-5-9-13-20,21-14-15-23-25(21)3)26-17-16-24(2)18-19-10-6-4-7-11-19/h4-15H,16-18H2,1-3H3. The van der Waals surface area contributed by atoms with Crippen LogP contribution in [0.25, 0.3) is 0 Å². The van der Waals surface area contributed by atoms with E-state index in [2.05, 4.69) is 72.5 Å². The predicted octanol–water partition coefficient (Wildman–Crippen LogP) is 3.83. The Morgan fingerprint density at radius 2 is 1.65 bits per heavy atom. The molecule has 0 fully saturated rings. The van der Waals surface area contributed by atoms with E-state index in [0.29, 0.717) is 6.61 Å². The summed E-state index contributed by atoms with van der Waals surface area (Å²) in [6.45, 7) is 4.53. The quantitative estimate of drug-likeness (QED) is 0.619. The van der Waals surface area contributed by atoms with Crippen LogP contribution in [-0.2, 0) is 23.9 Å². The van der Waals surface area contributed by atoms with E-state index in [1.54, 1.807) is 0 Å². The van der Waals surface area contributed by atoms with Gasteiger partial charge in [-0.05, 0) is 31.2 Å². The lowest BCUT2D eigenvalue weighted by molar-refractivity contribution is -0.0180. The van der Waals surface area contributed by atoms with Crippen LogP contribution in [-0.4, -0.2) is 34.9 Å². The second-order valence-electron chi connectivity index (χ2n) is 6.81. The Balaban J connectivity index is 1.68. The Morgan fingerprint density at radius 3 is 2.27 bits per heavy atom. The first-order chi connectivity index (χ1) is 12.6. The third kappa shape index (κ3) is 4.21. The second kappa shape index (κ2) is 8.30. The van der Waals surface area contributed by atoms with Gasteiger partial charge >= 0.3 is 0 Å². The lowest BCUT2D eigenvalue weighted by atomic mass is 9.92. The molecule has 0 aliphatic rings. The van der Waals surface area contributed by atoms with Crippen molar-refractivity contribution in [2.24, 2.45) is 7.05 Å². The molecule has 0 amide bonds. The monoisotopic (exact) mass is 349 g/mol. The molecule has 0 aliphatic heterocycles. The molecule has 1 aromatic heterocycles. The van der Waals surface area contributed by atoms with Crippen molar-refractivity contribution in [1.82, 2.24) is 14.7 Å². The normalized spacial score (nSPS) is 13.7. The molecule has 0 bridgehead atoms. The number of likely N-dealkylation sites (N-methyl/N-ethyl adjacent to an activating group) is 1. The van der Waals surface area contributed by atoms with Crippen LogP contribution in [0, 0.1) is 0 Å². The molecule has 26 heavy (non-hydrogen) atoms. The fourth-order valence-electron chi connectivity index (χ4n) is 3.28. The van der Waals surface area contributed by atoms with Crippen molar-refractivity contribution in [2.75, 3.05) is 20.2 Å². The van der Waals surface area contributed by atoms with E-state index in [4.69, 9.17) is 4.74 Å². The van der Waals surface area contributed by atoms with Gasteiger partial charge in [0, 0.05) is 26.3 Å². The largest absolute Gasteiger partial charge is 0.363 e. The van der Waals surface area contributed by atoms with Crippen LogP contribution in [0.4, 0.5) is 0 Å². The van der Waals surface area contributed by atoms with Crippen LogP contribution in [0.3, 0.4) is 0 Å². The van der Waals surface area contributed by atoms with Crippen LogP contribution in [0.2, 0.25) is 0 Å². The van der Waals surface area contributed by atoms with Gasteiger partial charge in [0.2, 0.25) is 0 Å². The average molecular weight is 349 g/mol. The lowest BCUT2D eigenvalue weighted by Gasteiger charge is -2.31. The van der Waals surface area contributed by atoms with E-state index >= 15 is 0 Å². The van der Waals surface area contributed by atoms with Gasteiger partial charge in [0.05, 0.1) is 12.3 Å². The number of rotatable bonds is 8. The van der Waals surface area contributed by atoms with Gasteiger partial charge < -0.3 is 4.74 Å². The lowest BCUT2D eigenvalue weighted by Crippen LogP contribution is -2.33. The Hall–Kier alpha value is -2.43. The minimum atomic E-state index is -0.528. The van der Waals surface area contributed by atoms with Crippen molar-refractivity contribution in [3.8, 4) is 0 Å². The number of ether oxygens (including phenoxy) is 1. The van der Waals surface area contributed by atoms with E-state index < -0.39 is 5.60 Å². The van der Waals surface area contributed by atoms with Crippen molar-refractivity contribution in [2.45, 2.75) is 19.1 Å². The van der Waals surface area contributed by atoms with E-state index in [0.717, 1.165) is 24.3 Å². The molecule has 3 aromatic rings. The number of hydrogen-bond acceptors (Lipinski definition) is 3. The summed E-state index contributed by atoms with van der Waals surface area (Å²) in [5.74, 6) is 0. The van der Waals surface area contributed by atoms with E-state index in [9.17, 15) is 0 Å². The summed E-state index contributed by atoms with van der Waals surface area (Å²) in [7, 11) is 4.09. The second-order valence-corrected chi connectivity index (χ2v) is 6.81. The van der Waals surface area contributed by atoms with Crippen molar-refractivity contribution in [3.63, 3.8) is 0 Å². The molecular formula is C22H27N3O. The fourth-order valence-corrected chi connectivity index (χ4v) is 3.28. The highest BCUT2D eigenvalue weighted by Crippen LogP contribution is 2.32. The van der Waals surface area contributed by atoms with Crippen molar-refractivity contribution in [3.05, 3.63) is 89.7 Å². The molecule has 0 saturated heterocycles. The summed E-state index contributed by atoms with van der Waals surface area (Å²) in [5, 5.41) is 4.33. The summed E-state index contributed by atoms with van der Waals surface area (Å²) >= 11 is 0. The molecule has 4 nitrogen and oxygen atoms in total. The highest BCUT2D eigenvalue weighted by molar-refractivity contribution is 5.31. The Bertz CT molecular complexity index is 801. The molecule has 136 valence electrons. The summed E-state index contributed by atoms with van der Waals surface area (Å²) in [4.78, 5) is 2.28. The maximum absolute atomic E-state index is 6.45. The van der Waals surface area contributed by atoms with Crippen molar-refractivity contribution < 1.29 is 4.74 Å². The van der Waals surface area contributed by atoms with Gasteiger partial charge in [-0.3, -0.25) is 9.58 Å². The summed E-state index contributed by atoms with van der Waals surface area (Å²) < 4.78 is 8.34. The molecular weight excluding hydrogens is 322 g/mol. The van der Waals surface area contributed by atoms with Gasteiger partial charge in [-0.1, -0.05) is 60.7 Å². The molecule has 1 unspecified atom stereocenters. The molecule has 0 saturated carbocycles. The number of benzene rings is 2. The van der Waals surface area contributed by atoms with Gasteiger partial charge in [-0.25, -0.2) is 0 Å². The van der Waals surface area contributed by atoms with E-state index in [1.165, 1.54) is 5.56 Å². The Labute approximate surface area is 156 Å². The molecule has 2 aromatic carbocycles. The first-order valence-electron chi connectivity index (χ1n) is 9.00. The first kappa shape index (κ1) is 18.4. The Kier molecular flexibility index (Phi) is 5.86. The first-order valence-corrected chi connectivity index (χ1v) is 9.00. The maximum Gasteiger partial charge on any atom is 0.132 e. The SMILES string of the molecule is CN(CCOC(C)(c1ccccc1)c1ccnn1C)Cc1ccccc1. The fraction of sp³-hybridized carbons (Fsp3) is 0.318. The highest BCUT2D eigenvalue weighted by Gasteiger charge is 2.32. The van der Waals surface area contributed by atoms with Crippen LogP contribution in [0.1, 0.15) is 23.7 Å². The average Bonchev–Trinajstić information content (AvgIpc) is 3.10. The number of nitrogens with zero attached hydrogens (tertiary/aromatic N) is 3. The molecule has 0 aliphatic carbocycles. The topological polar surface area (TPSA) is 30.3 Å².